The van der Waals surface area contributed by atoms with Crippen LogP contribution in [0.3, 0.4) is 0 Å². The van der Waals surface area contributed by atoms with Crippen LogP contribution in [-0.4, -0.2) is 29.4 Å². The van der Waals surface area contributed by atoms with E-state index in [0.717, 1.165) is 30.0 Å². The molecule has 8 heteroatoms. The summed E-state index contributed by atoms with van der Waals surface area (Å²) in [5.74, 6) is 0.796. The fourth-order valence-corrected chi connectivity index (χ4v) is 2.54. The minimum absolute atomic E-state index is 0.273. The molecular weight excluding hydrogens is 304 g/mol. The van der Waals surface area contributed by atoms with E-state index in [1.54, 1.807) is 6.26 Å². The highest BCUT2D eigenvalue weighted by Gasteiger charge is 2.06. The van der Waals surface area contributed by atoms with Gasteiger partial charge >= 0.3 is 6.03 Å². The van der Waals surface area contributed by atoms with Crippen LogP contribution < -0.4 is 10.6 Å². The zero-order valence-electron chi connectivity index (χ0n) is 12.5. The number of hydrogen-bond acceptors (Lipinski definition) is 6. The molecule has 0 aliphatic carbocycles. The van der Waals surface area contributed by atoms with E-state index in [9.17, 15) is 4.79 Å². The Morgan fingerprint density at radius 3 is 3.14 bits per heavy atom. The first-order valence-corrected chi connectivity index (χ1v) is 8.07. The van der Waals surface area contributed by atoms with Crippen LogP contribution in [0.4, 0.5) is 9.93 Å². The van der Waals surface area contributed by atoms with Crippen LogP contribution in [0.25, 0.3) is 0 Å². The molecule has 0 aliphatic heterocycles. The maximum Gasteiger partial charge on any atom is 0.321 e. The van der Waals surface area contributed by atoms with Crippen molar-refractivity contribution in [2.45, 2.75) is 32.8 Å². The Kier molecular flexibility index (Phi) is 6.85. The third kappa shape index (κ3) is 5.82. The molecule has 0 radical (unpaired) electrons. The predicted octanol–water partition coefficient (Wildman–Crippen LogP) is 2.81. The van der Waals surface area contributed by atoms with Crippen LogP contribution in [0.1, 0.15) is 30.5 Å². The molecule has 0 spiro atoms. The van der Waals surface area contributed by atoms with Gasteiger partial charge in [0.1, 0.15) is 17.4 Å². The average Bonchev–Trinajstić information content (AvgIpc) is 3.15. The lowest BCUT2D eigenvalue weighted by Crippen LogP contribution is -2.30. The van der Waals surface area contributed by atoms with Gasteiger partial charge in [0.25, 0.3) is 0 Å². The smallest absolute Gasteiger partial charge is 0.321 e. The number of carbonyl (C=O) groups excluding carboxylic acids is 1. The summed E-state index contributed by atoms with van der Waals surface area (Å²) in [5, 5.41) is 14.8. The van der Waals surface area contributed by atoms with Gasteiger partial charge in [-0.2, -0.15) is 0 Å². The van der Waals surface area contributed by atoms with Crippen LogP contribution in [-0.2, 0) is 17.8 Å². The SMILES string of the molecule is CCCc1nnc(NC(=O)NCCCOCc2ccco2)s1. The van der Waals surface area contributed by atoms with Crippen molar-refractivity contribution in [3.8, 4) is 0 Å². The van der Waals surface area contributed by atoms with Crippen molar-refractivity contribution in [3.05, 3.63) is 29.2 Å². The number of anilines is 1. The number of nitrogens with one attached hydrogen (secondary N) is 2. The van der Waals surface area contributed by atoms with Crippen molar-refractivity contribution in [3.63, 3.8) is 0 Å². The molecule has 22 heavy (non-hydrogen) atoms. The van der Waals surface area contributed by atoms with Gasteiger partial charge in [-0.1, -0.05) is 18.3 Å². The number of furan rings is 1. The molecule has 2 N–H and O–H groups in total. The Hall–Kier alpha value is -1.93. The molecule has 0 saturated heterocycles. The minimum atomic E-state index is -0.273. The molecule has 0 saturated carbocycles. The number of amides is 2. The van der Waals surface area contributed by atoms with E-state index in [1.165, 1.54) is 11.3 Å². The molecule has 2 rings (SSSR count). The van der Waals surface area contributed by atoms with E-state index in [0.29, 0.717) is 24.9 Å². The summed E-state index contributed by atoms with van der Waals surface area (Å²) in [4.78, 5) is 11.7. The molecule has 0 atom stereocenters. The van der Waals surface area contributed by atoms with Gasteiger partial charge in [0, 0.05) is 19.6 Å². The first kappa shape index (κ1) is 16.4. The Balaban J connectivity index is 1.53. The molecule has 2 aromatic heterocycles. The summed E-state index contributed by atoms with van der Waals surface area (Å²) in [6.45, 7) is 3.62. The Morgan fingerprint density at radius 1 is 1.45 bits per heavy atom. The van der Waals surface area contributed by atoms with Crippen LogP contribution in [0.15, 0.2) is 22.8 Å². The molecule has 0 unspecified atom stereocenters. The number of nitrogens with zero attached hydrogens (tertiary/aromatic N) is 2. The monoisotopic (exact) mass is 324 g/mol. The predicted molar refractivity (Wildman–Crippen MR) is 83.9 cm³/mol. The molecule has 2 amide bonds. The topological polar surface area (TPSA) is 89.3 Å². The summed E-state index contributed by atoms with van der Waals surface area (Å²) < 4.78 is 10.6. The number of carbonyl (C=O) groups is 1. The van der Waals surface area contributed by atoms with Crippen molar-refractivity contribution in [1.82, 2.24) is 15.5 Å². The minimum Gasteiger partial charge on any atom is -0.467 e. The van der Waals surface area contributed by atoms with Gasteiger partial charge in [0.05, 0.1) is 6.26 Å². The maximum absolute atomic E-state index is 11.7. The molecule has 2 aromatic rings. The lowest BCUT2D eigenvalue weighted by molar-refractivity contribution is 0.104. The van der Waals surface area contributed by atoms with Gasteiger partial charge in [0.2, 0.25) is 5.13 Å². The second-order valence-corrected chi connectivity index (χ2v) is 5.68. The second kappa shape index (κ2) is 9.16. The van der Waals surface area contributed by atoms with E-state index >= 15 is 0 Å². The van der Waals surface area contributed by atoms with Crippen LogP contribution in [0, 0.1) is 0 Å². The zero-order valence-corrected chi connectivity index (χ0v) is 13.3. The highest BCUT2D eigenvalue weighted by molar-refractivity contribution is 7.15. The first-order chi connectivity index (χ1) is 10.8. The summed E-state index contributed by atoms with van der Waals surface area (Å²) >= 11 is 1.40. The Labute approximate surface area is 133 Å². The molecule has 0 aliphatic rings. The van der Waals surface area contributed by atoms with Crippen molar-refractivity contribution >= 4 is 22.5 Å². The molecule has 0 fully saturated rings. The number of aromatic nitrogens is 2. The van der Waals surface area contributed by atoms with Crippen LogP contribution >= 0.6 is 11.3 Å². The van der Waals surface area contributed by atoms with Gasteiger partial charge in [0.15, 0.2) is 0 Å². The lowest BCUT2D eigenvalue weighted by atomic mass is 10.4. The van der Waals surface area contributed by atoms with E-state index in [-0.39, 0.29) is 6.03 Å². The van der Waals surface area contributed by atoms with E-state index in [2.05, 4.69) is 27.8 Å². The van der Waals surface area contributed by atoms with Gasteiger partial charge in [-0.15, -0.1) is 10.2 Å². The highest BCUT2D eigenvalue weighted by atomic mass is 32.1. The van der Waals surface area contributed by atoms with E-state index in [4.69, 9.17) is 9.15 Å². The number of hydrogen-bond donors (Lipinski definition) is 2. The average molecular weight is 324 g/mol. The number of rotatable bonds is 9. The summed E-state index contributed by atoms with van der Waals surface area (Å²) in [6, 6.07) is 3.41. The van der Waals surface area contributed by atoms with Gasteiger partial charge in [-0.05, 0) is 25.0 Å². The molecule has 7 nitrogen and oxygen atoms in total. The molecule has 2 heterocycles. The number of urea groups is 1. The first-order valence-electron chi connectivity index (χ1n) is 7.25. The van der Waals surface area contributed by atoms with Crippen molar-refractivity contribution in [2.24, 2.45) is 0 Å². The van der Waals surface area contributed by atoms with Gasteiger partial charge in [-0.3, -0.25) is 5.32 Å². The summed E-state index contributed by atoms with van der Waals surface area (Å²) in [5.41, 5.74) is 0. The van der Waals surface area contributed by atoms with Crippen LogP contribution in [0.2, 0.25) is 0 Å². The molecule has 120 valence electrons. The van der Waals surface area contributed by atoms with Gasteiger partial charge in [-0.25, -0.2) is 4.79 Å². The van der Waals surface area contributed by atoms with Crippen molar-refractivity contribution in [1.29, 1.82) is 0 Å². The number of ether oxygens (including phenoxy) is 1. The Bertz CT molecular complexity index is 556. The Morgan fingerprint density at radius 2 is 2.36 bits per heavy atom. The zero-order chi connectivity index (χ0) is 15.6. The van der Waals surface area contributed by atoms with E-state index in [1.807, 2.05) is 12.1 Å². The molecular formula is C14H20N4O3S. The molecule has 0 aromatic carbocycles. The van der Waals surface area contributed by atoms with E-state index < -0.39 is 0 Å². The van der Waals surface area contributed by atoms with Gasteiger partial charge < -0.3 is 14.5 Å². The lowest BCUT2D eigenvalue weighted by Gasteiger charge is -2.05. The number of aryl methyl sites for hydroxylation is 1. The molecule has 0 bridgehead atoms. The third-order valence-electron chi connectivity index (χ3n) is 2.73. The van der Waals surface area contributed by atoms with Crippen molar-refractivity contribution < 1.29 is 13.9 Å². The van der Waals surface area contributed by atoms with Crippen LogP contribution in [0.5, 0.6) is 0 Å². The fourth-order valence-electron chi connectivity index (χ4n) is 1.70. The standard InChI is InChI=1S/C14H20N4O3S/c1-2-5-12-17-18-14(22-12)16-13(19)15-7-4-8-20-10-11-6-3-9-21-11/h3,6,9H,2,4-5,7-8,10H2,1H3,(H2,15,16,18,19). The summed E-state index contributed by atoms with van der Waals surface area (Å²) in [7, 11) is 0. The maximum atomic E-state index is 11.7. The normalized spacial score (nSPS) is 10.6. The summed E-state index contributed by atoms with van der Waals surface area (Å²) in [6.07, 6.45) is 4.24. The second-order valence-electron chi connectivity index (χ2n) is 4.62. The third-order valence-corrected chi connectivity index (χ3v) is 3.63. The van der Waals surface area contributed by atoms with Crippen molar-refractivity contribution in [2.75, 3.05) is 18.5 Å². The quantitative estimate of drug-likeness (QED) is 0.692. The fraction of sp³-hybridized carbons (Fsp3) is 0.500. The largest absolute Gasteiger partial charge is 0.467 e. The highest BCUT2D eigenvalue weighted by Crippen LogP contribution is 2.16.